The highest BCUT2D eigenvalue weighted by Crippen LogP contribution is 2.14. The second-order valence-corrected chi connectivity index (χ2v) is 4.93. The van der Waals surface area contributed by atoms with Crippen LogP contribution in [0.2, 0.25) is 0 Å². The first-order valence-electron chi connectivity index (χ1n) is 4.86. The number of H-pyrrole nitrogens is 1. The standard InChI is InChI=1S/C8H14N4O4S/c1-3-16-8(13)5(2)12-17(14,15)6-4-10-11-7(6)9/h4-5,12H,3H2,1-2H3,(H3,9,10,11). The summed E-state index contributed by atoms with van der Waals surface area (Å²) in [5, 5.41) is 5.79. The van der Waals surface area contributed by atoms with Crippen molar-refractivity contribution in [2.75, 3.05) is 12.3 Å². The number of carbonyl (C=O) groups excluding carboxylic acids is 1. The first-order valence-corrected chi connectivity index (χ1v) is 6.34. The molecule has 0 aliphatic rings. The fraction of sp³-hybridized carbons (Fsp3) is 0.500. The van der Waals surface area contributed by atoms with Gasteiger partial charge in [-0.05, 0) is 13.8 Å². The van der Waals surface area contributed by atoms with Crippen molar-refractivity contribution in [2.45, 2.75) is 24.8 Å². The van der Waals surface area contributed by atoms with Gasteiger partial charge in [0.1, 0.15) is 16.8 Å². The number of hydrogen-bond donors (Lipinski definition) is 3. The first-order chi connectivity index (χ1) is 7.88. The second-order valence-electron chi connectivity index (χ2n) is 3.24. The molecule has 0 amide bonds. The average Bonchev–Trinajstić information content (AvgIpc) is 2.64. The molecule has 0 aliphatic heterocycles. The topological polar surface area (TPSA) is 127 Å². The number of nitrogens with two attached hydrogens (primary N) is 1. The lowest BCUT2D eigenvalue weighted by Gasteiger charge is -2.12. The summed E-state index contributed by atoms with van der Waals surface area (Å²) in [6.45, 7) is 3.19. The monoisotopic (exact) mass is 262 g/mol. The summed E-state index contributed by atoms with van der Waals surface area (Å²) in [5.41, 5.74) is 5.38. The third-order valence-corrected chi connectivity index (χ3v) is 3.46. The van der Waals surface area contributed by atoms with E-state index in [0.717, 1.165) is 6.20 Å². The predicted octanol–water partition coefficient (Wildman–Crippen LogP) is -0.778. The third-order valence-electron chi connectivity index (χ3n) is 1.89. The van der Waals surface area contributed by atoms with E-state index >= 15 is 0 Å². The maximum absolute atomic E-state index is 11.8. The van der Waals surface area contributed by atoms with E-state index in [1.807, 2.05) is 0 Å². The summed E-state index contributed by atoms with van der Waals surface area (Å²) in [6.07, 6.45) is 1.07. The lowest BCUT2D eigenvalue weighted by Crippen LogP contribution is -2.39. The fourth-order valence-electron chi connectivity index (χ4n) is 1.11. The Labute approximate surface area is 98.6 Å². The van der Waals surface area contributed by atoms with Crippen LogP contribution in [-0.4, -0.2) is 37.2 Å². The van der Waals surface area contributed by atoms with Crippen LogP contribution in [0, 0.1) is 0 Å². The zero-order valence-electron chi connectivity index (χ0n) is 9.43. The summed E-state index contributed by atoms with van der Waals surface area (Å²) >= 11 is 0. The van der Waals surface area contributed by atoms with Gasteiger partial charge in [0.25, 0.3) is 0 Å². The molecule has 9 heteroatoms. The minimum absolute atomic E-state index is 0.0893. The maximum Gasteiger partial charge on any atom is 0.323 e. The number of rotatable bonds is 5. The molecular weight excluding hydrogens is 248 g/mol. The van der Waals surface area contributed by atoms with Crippen molar-refractivity contribution >= 4 is 21.8 Å². The van der Waals surface area contributed by atoms with Gasteiger partial charge in [-0.2, -0.15) is 9.82 Å². The molecule has 0 saturated heterocycles. The maximum atomic E-state index is 11.8. The molecule has 1 atom stereocenters. The van der Waals surface area contributed by atoms with Crippen molar-refractivity contribution < 1.29 is 17.9 Å². The van der Waals surface area contributed by atoms with Gasteiger partial charge in [-0.3, -0.25) is 9.89 Å². The van der Waals surface area contributed by atoms with E-state index < -0.39 is 22.0 Å². The molecule has 1 rings (SSSR count). The number of nitrogen functional groups attached to an aromatic ring is 1. The van der Waals surface area contributed by atoms with Gasteiger partial charge in [0, 0.05) is 0 Å². The van der Waals surface area contributed by atoms with Crippen LogP contribution in [0.5, 0.6) is 0 Å². The number of aromatic nitrogens is 2. The molecule has 0 aliphatic carbocycles. The normalized spacial score (nSPS) is 13.3. The highest BCUT2D eigenvalue weighted by Gasteiger charge is 2.25. The number of nitrogens with zero attached hydrogens (tertiary/aromatic N) is 1. The molecule has 1 heterocycles. The Morgan fingerprint density at radius 2 is 2.35 bits per heavy atom. The van der Waals surface area contributed by atoms with Crippen molar-refractivity contribution in [1.82, 2.24) is 14.9 Å². The molecule has 0 radical (unpaired) electrons. The molecule has 0 aromatic carbocycles. The smallest absolute Gasteiger partial charge is 0.323 e. The summed E-state index contributed by atoms with van der Waals surface area (Å²) in [4.78, 5) is 11.1. The summed E-state index contributed by atoms with van der Waals surface area (Å²) < 4.78 is 30.4. The van der Waals surface area contributed by atoms with E-state index in [1.54, 1.807) is 6.92 Å². The summed E-state index contributed by atoms with van der Waals surface area (Å²) in [7, 11) is -3.88. The molecule has 4 N–H and O–H groups in total. The van der Waals surface area contributed by atoms with E-state index in [1.165, 1.54) is 6.92 Å². The number of sulfonamides is 1. The molecule has 0 spiro atoms. The van der Waals surface area contributed by atoms with Gasteiger partial charge in [0.15, 0.2) is 0 Å². The molecule has 0 saturated carbocycles. The quantitative estimate of drug-likeness (QED) is 0.597. The Morgan fingerprint density at radius 1 is 1.71 bits per heavy atom. The van der Waals surface area contributed by atoms with Crippen molar-refractivity contribution in [3.05, 3.63) is 6.20 Å². The van der Waals surface area contributed by atoms with Gasteiger partial charge in [0.2, 0.25) is 10.0 Å². The van der Waals surface area contributed by atoms with Crippen LogP contribution in [-0.2, 0) is 19.6 Å². The molecule has 1 aromatic rings. The average molecular weight is 262 g/mol. The molecule has 8 nitrogen and oxygen atoms in total. The highest BCUT2D eigenvalue weighted by molar-refractivity contribution is 7.89. The van der Waals surface area contributed by atoms with Gasteiger partial charge in [-0.1, -0.05) is 0 Å². The Kier molecular flexibility index (Phi) is 4.07. The van der Waals surface area contributed by atoms with Crippen molar-refractivity contribution in [3.8, 4) is 0 Å². The van der Waals surface area contributed by atoms with Gasteiger partial charge in [-0.15, -0.1) is 0 Å². The molecule has 0 fully saturated rings. The van der Waals surface area contributed by atoms with Crippen LogP contribution in [0.3, 0.4) is 0 Å². The number of carbonyl (C=O) groups is 1. The minimum Gasteiger partial charge on any atom is -0.465 e. The summed E-state index contributed by atoms with van der Waals surface area (Å²) in [6, 6.07) is -0.991. The van der Waals surface area contributed by atoms with Crippen LogP contribution in [0.25, 0.3) is 0 Å². The lowest BCUT2D eigenvalue weighted by atomic mass is 10.4. The number of aromatic amines is 1. The number of nitrogens with one attached hydrogen (secondary N) is 2. The Bertz CT molecular complexity index is 495. The molecule has 17 heavy (non-hydrogen) atoms. The highest BCUT2D eigenvalue weighted by atomic mass is 32.2. The molecule has 96 valence electrons. The predicted molar refractivity (Wildman–Crippen MR) is 59.4 cm³/mol. The third kappa shape index (κ3) is 3.17. The molecule has 1 unspecified atom stereocenters. The van der Waals surface area contributed by atoms with E-state index in [0.29, 0.717) is 0 Å². The molecule has 0 bridgehead atoms. The Morgan fingerprint density at radius 3 is 2.82 bits per heavy atom. The number of esters is 1. The van der Waals surface area contributed by atoms with Crippen molar-refractivity contribution in [2.24, 2.45) is 0 Å². The van der Waals surface area contributed by atoms with E-state index in [-0.39, 0.29) is 17.3 Å². The van der Waals surface area contributed by atoms with Crippen molar-refractivity contribution in [1.29, 1.82) is 0 Å². The van der Waals surface area contributed by atoms with Gasteiger partial charge in [0.05, 0.1) is 12.8 Å². The SMILES string of the molecule is CCOC(=O)C(C)NS(=O)(=O)c1cn[nH]c1N. The zero-order chi connectivity index (χ0) is 13.1. The van der Waals surface area contributed by atoms with Crippen LogP contribution in [0.15, 0.2) is 11.1 Å². The van der Waals surface area contributed by atoms with Crippen LogP contribution >= 0.6 is 0 Å². The van der Waals surface area contributed by atoms with E-state index in [9.17, 15) is 13.2 Å². The van der Waals surface area contributed by atoms with Gasteiger partial charge >= 0.3 is 5.97 Å². The largest absolute Gasteiger partial charge is 0.465 e. The molecule has 1 aromatic heterocycles. The number of ether oxygens (including phenoxy) is 1. The van der Waals surface area contributed by atoms with E-state index in [2.05, 4.69) is 19.7 Å². The Balaban J connectivity index is 2.81. The van der Waals surface area contributed by atoms with E-state index in [4.69, 9.17) is 5.73 Å². The minimum atomic E-state index is -3.88. The fourth-order valence-corrected chi connectivity index (χ4v) is 2.33. The summed E-state index contributed by atoms with van der Waals surface area (Å²) in [5.74, 6) is -0.744. The second kappa shape index (κ2) is 5.15. The zero-order valence-corrected chi connectivity index (χ0v) is 10.2. The lowest BCUT2D eigenvalue weighted by molar-refractivity contribution is -0.144. The van der Waals surface area contributed by atoms with Crippen LogP contribution in [0.1, 0.15) is 13.8 Å². The van der Waals surface area contributed by atoms with Gasteiger partial charge in [-0.25, -0.2) is 8.42 Å². The van der Waals surface area contributed by atoms with Crippen molar-refractivity contribution in [3.63, 3.8) is 0 Å². The first kappa shape index (κ1) is 13.5. The number of anilines is 1. The number of hydrogen-bond acceptors (Lipinski definition) is 6. The molecular formula is C8H14N4O4S. The van der Waals surface area contributed by atoms with Crippen LogP contribution < -0.4 is 10.5 Å². The van der Waals surface area contributed by atoms with Crippen LogP contribution in [0.4, 0.5) is 5.82 Å². The van der Waals surface area contributed by atoms with Gasteiger partial charge < -0.3 is 10.5 Å². The Hall–Kier alpha value is -1.61.